The molecule has 1 aromatic carbocycles. The van der Waals surface area contributed by atoms with Crippen molar-refractivity contribution in [3.05, 3.63) is 29.8 Å². The summed E-state index contributed by atoms with van der Waals surface area (Å²) in [7, 11) is 0. The first-order valence-corrected chi connectivity index (χ1v) is 5.73. The van der Waals surface area contributed by atoms with Gasteiger partial charge in [0.05, 0.1) is 25.4 Å². The fraction of sp³-hybridized carbons (Fsp3) is 0.417. The van der Waals surface area contributed by atoms with Crippen molar-refractivity contribution >= 4 is 5.91 Å². The van der Waals surface area contributed by atoms with Crippen LogP contribution in [0, 0.1) is 0 Å². The second-order valence-electron chi connectivity index (χ2n) is 3.85. The van der Waals surface area contributed by atoms with Crippen LogP contribution in [0.3, 0.4) is 0 Å². The summed E-state index contributed by atoms with van der Waals surface area (Å²) in [6.07, 6.45) is 0.177. The first-order valence-electron chi connectivity index (χ1n) is 5.73. The number of nitrogen functional groups attached to an aromatic ring is 1. The number of hydrogen-bond acceptors (Lipinski definition) is 5. The molecule has 1 aliphatic rings. The Morgan fingerprint density at radius 3 is 2.83 bits per heavy atom. The number of amides is 1. The monoisotopic (exact) mass is 252 g/mol. The maximum Gasteiger partial charge on any atom is 0.268 e. The highest BCUT2D eigenvalue weighted by atomic mass is 16.6. The highest BCUT2D eigenvalue weighted by Crippen LogP contribution is 2.17. The minimum Gasteiger partial charge on any atom is -0.490 e. The molecule has 6 heteroatoms. The van der Waals surface area contributed by atoms with Crippen molar-refractivity contribution in [2.24, 2.45) is 5.84 Å². The lowest BCUT2D eigenvalue weighted by Gasteiger charge is -2.25. The number of hydrazine groups is 1. The van der Waals surface area contributed by atoms with Gasteiger partial charge in [0, 0.05) is 0 Å². The summed E-state index contributed by atoms with van der Waals surface area (Å²) in [5.74, 6) is 5.22. The number of carbonyl (C=O) groups is 1. The smallest absolute Gasteiger partial charge is 0.268 e. The molecule has 1 saturated heterocycles. The number of ether oxygens (including phenoxy) is 3. The van der Waals surface area contributed by atoms with Crippen molar-refractivity contribution in [2.75, 3.05) is 26.4 Å². The molecule has 0 atom stereocenters. The number of hydrogen-bond donors (Lipinski definition) is 2. The van der Waals surface area contributed by atoms with E-state index in [4.69, 9.17) is 20.1 Å². The van der Waals surface area contributed by atoms with Gasteiger partial charge in [-0.05, 0) is 12.1 Å². The molecule has 0 saturated carbocycles. The molecule has 6 nitrogen and oxygen atoms in total. The van der Waals surface area contributed by atoms with E-state index in [0.717, 1.165) is 0 Å². The topological polar surface area (TPSA) is 82.8 Å². The molecule has 0 aromatic heterocycles. The number of nitrogens with one attached hydrogen (secondary N) is 1. The van der Waals surface area contributed by atoms with E-state index in [0.29, 0.717) is 37.7 Å². The van der Waals surface area contributed by atoms with Gasteiger partial charge in [-0.15, -0.1) is 0 Å². The van der Waals surface area contributed by atoms with Gasteiger partial charge in [0.1, 0.15) is 18.5 Å². The van der Waals surface area contributed by atoms with E-state index in [1.807, 2.05) is 0 Å². The van der Waals surface area contributed by atoms with Gasteiger partial charge in [-0.3, -0.25) is 10.2 Å². The van der Waals surface area contributed by atoms with Gasteiger partial charge in [-0.1, -0.05) is 12.1 Å². The summed E-state index contributed by atoms with van der Waals surface area (Å²) in [5, 5.41) is 0. The van der Waals surface area contributed by atoms with Crippen molar-refractivity contribution in [1.82, 2.24) is 5.43 Å². The van der Waals surface area contributed by atoms with Gasteiger partial charge < -0.3 is 14.2 Å². The summed E-state index contributed by atoms with van der Waals surface area (Å²) in [5.41, 5.74) is 2.49. The van der Waals surface area contributed by atoms with E-state index < -0.39 is 0 Å². The maximum atomic E-state index is 11.5. The van der Waals surface area contributed by atoms with E-state index in [-0.39, 0.29) is 12.0 Å². The Morgan fingerprint density at radius 1 is 1.39 bits per heavy atom. The number of benzene rings is 1. The molecule has 1 amide bonds. The number of nitrogens with two attached hydrogens (primary N) is 1. The van der Waals surface area contributed by atoms with Crippen LogP contribution in [0.25, 0.3) is 0 Å². The van der Waals surface area contributed by atoms with Crippen LogP contribution in [0.5, 0.6) is 5.75 Å². The largest absolute Gasteiger partial charge is 0.490 e. The molecule has 0 radical (unpaired) electrons. The molecule has 1 aromatic rings. The molecule has 1 heterocycles. The Balaban J connectivity index is 1.82. The van der Waals surface area contributed by atoms with Gasteiger partial charge in [-0.25, -0.2) is 5.84 Å². The zero-order valence-electron chi connectivity index (χ0n) is 9.93. The predicted molar refractivity (Wildman–Crippen MR) is 64.1 cm³/mol. The molecule has 0 unspecified atom stereocenters. The molecule has 18 heavy (non-hydrogen) atoms. The van der Waals surface area contributed by atoms with Gasteiger partial charge in [0.25, 0.3) is 5.91 Å². The molecule has 0 bridgehead atoms. The van der Waals surface area contributed by atoms with E-state index in [9.17, 15) is 4.79 Å². The molecule has 3 N–H and O–H groups in total. The number of rotatable bonds is 6. The number of carbonyl (C=O) groups excluding carboxylic acids is 1. The van der Waals surface area contributed by atoms with Crippen LogP contribution in [0.1, 0.15) is 10.4 Å². The molecule has 98 valence electrons. The predicted octanol–water partition coefficient (Wildman–Crippen LogP) is 0.0843. The normalized spacial score (nSPS) is 14.9. The fourth-order valence-electron chi connectivity index (χ4n) is 1.53. The van der Waals surface area contributed by atoms with Crippen LogP contribution in [0.15, 0.2) is 24.3 Å². The lowest BCUT2D eigenvalue weighted by Crippen LogP contribution is -2.37. The average molecular weight is 252 g/mol. The summed E-state index contributed by atoms with van der Waals surface area (Å²) >= 11 is 0. The highest BCUT2D eigenvalue weighted by molar-refractivity contribution is 5.96. The molecule has 1 fully saturated rings. The van der Waals surface area contributed by atoms with Crippen molar-refractivity contribution in [1.29, 1.82) is 0 Å². The minimum atomic E-state index is -0.376. The number of para-hydroxylation sites is 1. The first-order chi connectivity index (χ1) is 8.81. The van der Waals surface area contributed by atoms with Crippen molar-refractivity contribution in [3.8, 4) is 5.75 Å². The van der Waals surface area contributed by atoms with Crippen LogP contribution in [0.2, 0.25) is 0 Å². The average Bonchev–Trinajstić information content (AvgIpc) is 2.36. The van der Waals surface area contributed by atoms with E-state index >= 15 is 0 Å². The van der Waals surface area contributed by atoms with Crippen LogP contribution < -0.4 is 16.0 Å². The molecule has 0 aliphatic carbocycles. The summed E-state index contributed by atoms with van der Waals surface area (Å²) in [4.78, 5) is 11.5. The van der Waals surface area contributed by atoms with Crippen molar-refractivity contribution in [3.63, 3.8) is 0 Å². The Bertz CT molecular complexity index is 407. The third kappa shape index (κ3) is 3.19. The third-order valence-electron chi connectivity index (χ3n) is 2.56. The summed E-state index contributed by atoms with van der Waals surface area (Å²) < 4.78 is 15.9. The Hall–Kier alpha value is -1.63. The SMILES string of the molecule is NNC(=O)c1ccccc1OCCOC1COC1. The molecule has 2 rings (SSSR count). The summed E-state index contributed by atoms with van der Waals surface area (Å²) in [6, 6.07) is 6.91. The zero-order chi connectivity index (χ0) is 12.8. The second kappa shape index (κ2) is 6.34. The van der Waals surface area contributed by atoms with Gasteiger partial charge in [0.15, 0.2) is 0 Å². The fourth-order valence-corrected chi connectivity index (χ4v) is 1.53. The standard InChI is InChI=1S/C12H16N2O4/c13-14-12(15)10-3-1-2-4-11(10)18-6-5-17-9-7-16-8-9/h1-4,9H,5-8,13H2,(H,14,15). The van der Waals surface area contributed by atoms with Gasteiger partial charge in [0.2, 0.25) is 0 Å². The highest BCUT2D eigenvalue weighted by Gasteiger charge is 2.18. The molecule has 1 aliphatic heterocycles. The van der Waals surface area contributed by atoms with Crippen LogP contribution in [-0.4, -0.2) is 38.4 Å². The lowest BCUT2D eigenvalue weighted by molar-refractivity contribution is -0.132. The Morgan fingerprint density at radius 2 is 2.17 bits per heavy atom. The van der Waals surface area contributed by atoms with E-state index in [1.165, 1.54) is 0 Å². The van der Waals surface area contributed by atoms with Crippen LogP contribution in [0.4, 0.5) is 0 Å². The van der Waals surface area contributed by atoms with Gasteiger partial charge >= 0.3 is 0 Å². The molecule has 0 spiro atoms. The van der Waals surface area contributed by atoms with Crippen LogP contribution >= 0.6 is 0 Å². The second-order valence-corrected chi connectivity index (χ2v) is 3.85. The van der Waals surface area contributed by atoms with Gasteiger partial charge in [-0.2, -0.15) is 0 Å². The first kappa shape index (κ1) is 12.8. The zero-order valence-corrected chi connectivity index (χ0v) is 9.93. The molecular weight excluding hydrogens is 236 g/mol. The van der Waals surface area contributed by atoms with Crippen molar-refractivity contribution in [2.45, 2.75) is 6.10 Å². The lowest BCUT2D eigenvalue weighted by atomic mass is 10.2. The molecular formula is C12H16N2O4. The Kier molecular flexibility index (Phi) is 4.52. The third-order valence-corrected chi connectivity index (χ3v) is 2.56. The Labute approximate surface area is 105 Å². The summed E-state index contributed by atoms with van der Waals surface area (Å²) in [6.45, 7) is 2.14. The van der Waals surface area contributed by atoms with E-state index in [2.05, 4.69) is 5.43 Å². The quantitative estimate of drug-likeness (QED) is 0.324. The van der Waals surface area contributed by atoms with E-state index in [1.54, 1.807) is 24.3 Å². The van der Waals surface area contributed by atoms with Crippen LogP contribution in [-0.2, 0) is 9.47 Å². The maximum absolute atomic E-state index is 11.5. The van der Waals surface area contributed by atoms with Crippen molar-refractivity contribution < 1.29 is 19.0 Å². The minimum absolute atomic E-state index is 0.177.